The number of aromatic nitrogens is 4. The fraction of sp³-hybridized carbons (Fsp3) is 0.174. The van der Waals surface area contributed by atoms with Gasteiger partial charge < -0.3 is 0 Å². The first-order chi connectivity index (χ1) is 13.6. The molecular weight excluding hydrogens is 412 g/mol. The SMILES string of the molecule is CC(C)(c1ccccc1)n1nnc(-c2ccccc2-c2ccc(CBr)cc2)n1. The van der Waals surface area contributed by atoms with E-state index in [1.165, 1.54) is 5.56 Å². The Labute approximate surface area is 173 Å². The molecule has 1 heterocycles. The van der Waals surface area contributed by atoms with E-state index in [0.29, 0.717) is 5.82 Å². The summed E-state index contributed by atoms with van der Waals surface area (Å²) in [6.07, 6.45) is 0. The molecule has 5 heteroatoms. The van der Waals surface area contributed by atoms with E-state index in [9.17, 15) is 0 Å². The van der Waals surface area contributed by atoms with Crippen LogP contribution in [-0.2, 0) is 10.9 Å². The predicted octanol–water partition coefficient (Wildman–Crippen LogP) is 5.69. The molecule has 0 N–H and O–H groups in total. The van der Waals surface area contributed by atoms with Gasteiger partial charge in [0, 0.05) is 10.9 Å². The van der Waals surface area contributed by atoms with Gasteiger partial charge in [0.1, 0.15) is 5.54 Å². The second kappa shape index (κ2) is 7.68. The number of nitrogens with zero attached hydrogens (tertiary/aromatic N) is 4. The van der Waals surface area contributed by atoms with Gasteiger partial charge in [-0.15, -0.1) is 10.2 Å². The molecule has 3 aromatic carbocycles. The summed E-state index contributed by atoms with van der Waals surface area (Å²) >= 11 is 3.50. The van der Waals surface area contributed by atoms with Crippen molar-refractivity contribution in [3.63, 3.8) is 0 Å². The molecule has 140 valence electrons. The van der Waals surface area contributed by atoms with E-state index >= 15 is 0 Å². The minimum atomic E-state index is -0.390. The van der Waals surface area contributed by atoms with E-state index in [-0.39, 0.29) is 5.54 Å². The molecule has 0 spiro atoms. The van der Waals surface area contributed by atoms with Crippen LogP contribution in [0, 0.1) is 0 Å². The molecule has 0 unspecified atom stereocenters. The monoisotopic (exact) mass is 432 g/mol. The fourth-order valence-electron chi connectivity index (χ4n) is 3.22. The maximum Gasteiger partial charge on any atom is 0.205 e. The smallest absolute Gasteiger partial charge is 0.154 e. The average molecular weight is 433 g/mol. The zero-order valence-corrected chi connectivity index (χ0v) is 17.5. The van der Waals surface area contributed by atoms with Gasteiger partial charge in [-0.05, 0) is 41.3 Å². The highest BCUT2D eigenvalue weighted by molar-refractivity contribution is 9.08. The molecule has 0 bridgehead atoms. The first-order valence-electron chi connectivity index (χ1n) is 9.20. The van der Waals surface area contributed by atoms with Crippen LogP contribution in [0.25, 0.3) is 22.5 Å². The summed E-state index contributed by atoms with van der Waals surface area (Å²) in [6.45, 7) is 4.19. The number of hydrogen-bond acceptors (Lipinski definition) is 3. The number of tetrazole rings is 1. The van der Waals surface area contributed by atoms with Crippen LogP contribution >= 0.6 is 15.9 Å². The molecule has 1 aromatic heterocycles. The van der Waals surface area contributed by atoms with Crippen molar-refractivity contribution in [1.82, 2.24) is 20.2 Å². The Morgan fingerprint density at radius 3 is 2.14 bits per heavy atom. The zero-order valence-electron chi connectivity index (χ0n) is 15.9. The van der Waals surface area contributed by atoms with Gasteiger partial charge in [0.25, 0.3) is 0 Å². The molecule has 0 saturated carbocycles. The van der Waals surface area contributed by atoms with Gasteiger partial charge >= 0.3 is 0 Å². The molecule has 0 atom stereocenters. The van der Waals surface area contributed by atoms with Gasteiger partial charge in [-0.1, -0.05) is 94.8 Å². The molecule has 4 rings (SSSR count). The second-order valence-electron chi connectivity index (χ2n) is 7.20. The van der Waals surface area contributed by atoms with Gasteiger partial charge in [0.2, 0.25) is 5.82 Å². The molecular formula is C23H21BrN4. The molecule has 0 aliphatic carbocycles. The van der Waals surface area contributed by atoms with Gasteiger partial charge in [-0.25, -0.2) is 0 Å². The van der Waals surface area contributed by atoms with Crippen molar-refractivity contribution in [2.24, 2.45) is 0 Å². The van der Waals surface area contributed by atoms with Crippen LogP contribution in [0.4, 0.5) is 0 Å². The van der Waals surface area contributed by atoms with Crippen LogP contribution in [0.3, 0.4) is 0 Å². The van der Waals surface area contributed by atoms with Crippen LogP contribution < -0.4 is 0 Å². The van der Waals surface area contributed by atoms with E-state index in [4.69, 9.17) is 5.10 Å². The van der Waals surface area contributed by atoms with Crippen LogP contribution in [0.15, 0.2) is 78.9 Å². The van der Waals surface area contributed by atoms with Crippen molar-refractivity contribution < 1.29 is 0 Å². The summed E-state index contributed by atoms with van der Waals surface area (Å²) < 4.78 is 0. The normalized spacial score (nSPS) is 11.5. The van der Waals surface area contributed by atoms with Crippen molar-refractivity contribution in [2.75, 3.05) is 0 Å². The Hall–Kier alpha value is -2.79. The van der Waals surface area contributed by atoms with Crippen LogP contribution in [-0.4, -0.2) is 20.2 Å². The third-order valence-electron chi connectivity index (χ3n) is 4.98. The Kier molecular flexibility index (Phi) is 5.09. The molecule has 28 heavy (non-hydrogen) atoms. The van der Waals surface area contributed by atoms with Crippen LogP contribution in [0.5, 0.6) is 0 Å². The standard InChI is InChI=1S/C23H21BrN4/c1-23(2,19-8-4-3-5-9-19)28-26-22(25-27-28)21-11-7-6-10-20(21)18-14-12-17(16-24)13-15-18/h3-15H,16H2,1-2H3. The first kappa shape index (κ1) is 18.6. The molecule has 0 fully saturated rings. The number of halogens is 1. The van der Waals surface area contributed by atoms with Crippen molar-refractivity contribution in [1.29, 1.82) is 0 Å². The summed E-state index contributed by atoms with van der Waals surface area (Å²) in [5.74, 6) is 0.629. The zero-order chi connectivity index (χ0) is 19.6. The highest BCUT2D eigenvalue weighted by atomic mass is 79.9. The highest BCUT2D eigenvalue weighted by Crippen LogP contribution is 2.31. The lowest BCUT2D eigenvalue weighted by atomic mass is 9.95. The van der Waals surface area contributed by atoms with Crippen LogP contribution in [0.2, 0.25) is 0 Å². The third kappa shape index (κ3) is 3.50. The number of rotatable bonds is 5. The lowest BCUT2D eigenvalue weighted by molar-refractivity contribution is 0.337. The van der Waals surface area contributed by atoms with E-state index in [1.807, 2.05) is 36.4 Å². The topological polar surface area (TPSA) is 43.6 Å². The summed E-state index contributed by atoms with van der Waals surface area (Å²) in [5, 5.41) is 14.3. The molecule has 0 amide bonds. The minimum absolute atomic E-state index is 0.390. The Balaban J connectivity index is 1.73. The number of alkyl halides is 1. The maximum atomic E-state index is 4.74. The van der Waals surface area contributed by atoms with Crippen LogP contribution in [0.1, 0.15) is 25.0 Å². The number of benzene rings is 3. The number of hydrogen-bond donors (Lipinski definition) is 0. The fourth-order valence-corrected chi connectivity index (χ4v) is 3.60. The summed E-state index contributed by atoms with van der Waals surface area (Å²) in [6, 6.07) is 27.0. The van der Waals surface area contributed by atoms with E-state index in [0.717, 1.165) is 27.6 Å². The van der Waals surface area contributed by atoms with Crippen molar-refractivity contribution in [3.05, 3.63) is 90.0 Å². The van der Waals surface area contributed by atoms with Crippen molar-refractivity contribution >= 4 is 15.9 Å². The van der Waals surface area contributed by atoms with Gasteiger partial charge in [-0.3, -0.25) is 0 Å². The molecule has 4 nitrogen and oxygen atoms in total. The van der Waals surface area contributed by atoms with Gasteiger partial charge in [0.15, 0.2) is 0 Å². The first-order valence-corrected chi connectivity index (χ1v) is 10.3. The lowest BCUT2D eigenvalue weighted by Crippen LogP contribution is -2.30. The molecule has 0 saturated heterocycles. The average Bonchev–Trinajstić information content (AvgIpc) is 3.25. The van der Waals surface area contributed by atoms with Crippen molar-refractivity contribution in [2.45, 2.75) is 24.7 Å². The van der Waals surface area contributed by atoms with Gasteiger partial charge in [0.05, 0.1) is 0 Å². The summed E-state index contributed by atoms with van der Waals surface area (Å²) in [7, 11) is 0. The highest BCUT2D eigenvalue weighted by Gasteiger charge is 2.26. The summed E-state index contributed by atoms with van der Waals surface area (Å²) in [4.78, 5) is 1.70. The molecule has 4 aromatic rings. The Morgan fingerprint density at radius 1 is 0.821 bits per heavy atom. The van der Waals surface area contributed by atoms with E-state index in [1.54, 1.807) is 4.80 Å². The quantitative estimate of drug-likeness (QED) is 0.380. The Morgan fingerprint density at radius 2 is 1.46 bits per heavy atom. The summed E-state index contributed by atoms with van der Waals surface area (Å²) in [5.41, 5.74) is 5.20. The second-order valence-corrected chi connectivity index (χ2v) is 7.76. The van der Waals surface area contributed by atoms with Crippen molar-refractivity contribution in [3.8, 4) is 22.5 Å². The third-order valence-corrected chi connectivity index (χ3v) is 5.63. The van der Waals surface area contributed by atoms with E-state index < -0.39 is 0 Å². The molecule has 0 aliphatic heterocycles. The maximum absolute atomic E-state index is 4.74. The molecule has 0 radical (unpaired) electrons. The van der Waals surface area contributed by atoms with E-state index in [2.05, 4.69) is 82.6 Å². The Bertz CT molecular complexity index is 1070. The predicted molar refractivity (Wildman–Crippen MR) is 116 cm³/mol. The minimum Gasteiger partial charge on any atom is -0.154 e. The van der Waals surface area contributed by atoms with Gasteiger partial charge in [-0.2, -0.15) is 4.80 Å². The largest absolute Gasteiger partial charge is 0.205 e. The lowest BCUT2D eigenvalue weighted by Gasteiger charge is -2.23. The molecule has 0 aliphatic rings.